The zero-order valence-corrected chi connectivity index (χ0v) is 8.17. The average Bonchev–Trinajstić information content (AvgIpc) is 1.95. The second-order valence-corrected chi connectivity index (χ2v) is 3.61. The van der Waals surface area contributed by atoms with Crippen molar-refractivity contribution in [3.05, 3.63) is 0 Å². The van der Waals surface area contributed by atoms with Crippen molar-refractivity contribution in [1.82, 2.24) is 5.32 Å². The fourth-order valence-electron chi connectivity index (χ4n) is 1.39. The quantitative estimate of drug-likeness (QED) is 0.442. The predicted molar refractivity (Wildman–Crippen MR) is 50.3 cm³/mol. The van der Waals surface area contributed by atoms with Crippen LogP contribution in [0, 0.1) is 0 Å². The van der Waals surface area contributed by atoms with Gasteiger partial charge in [0.15, 0.2) is 0 Å². The van der Waals surface area contributed by atoms with Crippen LogP contribution in [0.25, 0.3) is 0 Å². The lowest BCUT2D eigenvalue weighted by Crippen LogP contribution is -2.33. The summed E-state index contributed by atoms with van der Waals surface area (Å²) in [6, 6.07) is 0.667. The molecule has 3 heteroatoms. The molecule has 1 fully saturated rings. The highest BCUT2D eigenvalue weighted by molar-refractivity contribution is 14.1. The first kappa shape index (κ1) is 8.74. The molecule has 0 heterocycles. The highest BCUT2D eigenvalue weighted by Gasteiger charge is 2.17. The van der Waals surface area contributed by atoms with Crippen LogP contribution in [0.3, 0.4) is 0 Å². The Morgan fingerprint density at radius 3 is 2.40 bits per heavy atom. The largest absolute Gasteiger partial charge is 0.393 e. The van der Waals surface area contributed by atoms with Gasteiger partial charge >= 0.3 is 0 Å². The maximum Gasteiger partial charge on any atom is 0.0541 e. The molecule has 1 aliphatic rings. The number of aliphatic hydroxyl groups excluding tert-OH is 1. The Hall–Kier alpha value is 0.650. The van der Waals surface area contributed by atoms with Crippen LogP contribution in [-0.2, 0) is 0 Å². The van der Waals surface area contributed by atoms with Gasteiger partial charge in [-0.15, -0.1) is 0 Å². The third-order valence-electron chi connectivity index (χ3n) is 2.06. The summed E-state index contributed by atoms with van der Waals surface area (Å²) in [5.74, 6) is 0. The molecule has 0 aliphatic heterocycles. The normalized spacial score (nSPS) is 34.2. The van der Waals surface area contributed by atoms with Gasteiger partial charge in [0.05, 0.1) is 6.10 Å². The molecule has 1 aliphatic carbocycles. The number of hydrogen-bond donors (Lipinski definition) is 2. The molecular weight excluding hydrogens is 241 g/mol. The second kappa shape index (κ2) is 4.51. The molecule has 0 atom stereocenters. The summed E-state index contributed by atoms with van der Waals surface area (Å²) in [5.41, 5.74) is 0. The molecule has 0 bridgehead atoms. The highest BCUT2D eigenvalue weighted by atomic mass is 127. The zero-order chi connectivity index (χ0) is 7.40. The molecular formula is C7H14INO. The van der Waals surface area contributed by atoms with Gasteiger partial charge in [-0.05, 0) is 25.7 Å². The summed E-state index contributed by atoms with van der Waals surface area (Å²) >= 11 is 2.32. The van der Waals surface area contributed by atoms with Crippen molar-refractivity contribution in [1.29, 1.82) is 0 Å². The molecule has 0 unspecified atom stereocenters. The van der Waals surface area contributed by atoms with Crippen molar-refractivity contribution >= 4 is 22.6 Å². The van der Waals surface area contributed by atoms with Crippen LogP contribution in [0.2, 0.25) is 0 Å². The fraction of sp³-hybridized carbons (Fsp3) is 1.00. The fourth-order valence-corrected chi connectivity index (χ4v) is 2.01. The van der Waals surface area contributed by atoms with Crippen LogP contribution in [-0.4, -0.2) is 21.8 Å². The molecule has 1 rings (SSSR count). The van der Waals surface area contributed by atoms with Crippen LogP contribution in [0.15, 0.2) is 0 Å². The topological polar surface area (TPSA) is 32.3 Å². The third-order valence-corrected chi connectivity index (χ3v) is 2.50. The Kier molecular flexibility index (Phi) is 3.95. The minimum absolute atomic E-state index is 0.0211. The van der Waals surface area contributed by atoms with E-state index in [0.717, 1.165) is 30.2 Å². The van der Waals surface area contributed by atoms with Gasteiger partial charge in [0.25, 0.3) is 0 Å². The van der Waals surface area contributed by atoms with E-state index in [1.165, 1.54) is 0 Å². The number of nitrogens with one attached hydrogen (secondary N) is 1. The van der Waals surface area contributed by atoms with E-state index in [1.54, 1.807) is 0 Å². The Morgan fingerprint density at radius 2 is 1.90 bits per heavy atom. The van der Waals surface area contributed by atoms with Crippen LogP contribution in [0.4, 0.5) is 0 Å². The third kappa shape index (κ3) is 2.72. The first-order valence-electron chi connectivity index (χ1n) is 3.80. The molecule has 0 spiro atoms. The Labute approximate surface area is 75.5 Å². The summed E-state index contributed by atoms with van der Waals surface area (Å²) in [4.78, 5) is 0. The van der Waals surface area contributed by atoms with Crippen molar-refractivity contribution in [2.24, 2.45) is 0 Å². The monoisotopic (exact) mass is 255 g/mol. The Balaban J connectivity index is 2.13. The van der Waals surface area contributed by atoms with Crippen LogP contribution >= 0.6 is 22.6 Å². The molecule has 60 valence electrons. The van der Waals surface area contributed by atoms with E-state index < -0.39 is 0 Å². The number of hydrogen-bond acceptors (Lipinski definition) is 2. The molecule has 0 radical (unpaired) electrons. The van der Waals surface area contributed by atoms with Gasteiger partial charge in [-0.2, -0.15) is 0 Å². The standard InChI is InChI=1S/C7H14INO/c8-5-9-6-1-3-7(10)4-2-6/h6-7,9-10H,1-5H2. The summed E-state index contributed by atoms with van der Waals surface area (Å²) < 4.78 is 1.03. The van der Waals surface area contributed by atoms with E-state index >= 15 is 0 Å². The summed E-state index contributed by atoms with van der Waals surface area (Å²) in [6.07, 6.45) is 4.23. The molecule has 2 N–H and O–H groups in total. The van der Waals surface area contributed by atoms with E-state index in [4.69, 9.17) is 5.11 Å². The minimum Gasteiger partial charge on any atom is -0.393 e. The molecule has 0 amide bonds. The van der Waals surface area contributed by atoms with Gasteiger partial charge in [-0.1, -0.05) is 22.6 Å². The lowest BCUT2D eigenvalue weighted by molar-refractivity contribution is 0.118. The highest BCUT2D eigenvalue weighted by Crippen LogP contribution is 2.18. The van der Waals surface area contributed by atoms with E-state index in [2.05, 4.69) is 27.9 Å². The van der Waals surface area contributed by atoms with Crippen molar-refractivity contribution in [3.8, 4) is 0 Å². The maximum absolute atomic E-state index is 9.17. The lowest BCUT2D eigenvalue weighted by Gasteiger charge is -2.25. The Morgan fingerprint density at radius 1 is 1.30 bits per heavy atom. The summed E-state index contributed by atoms with van der Waals surface area (Å²) in [5, 5.41) is 12.5. The lowest BCUT2D eigenvalue weighted by atomic mass is 9.93. The SMILES string of the molecule is OC1CCC(NCI)CC1. The van der Waals surface area contributed by atoms with E-state index in [9.17, 15) is 0 Å². The number of aliphatic hydroxyl groups is 1. The molecule has 2 nitrogen and oxygen atoms in total. The molecule has 0 aromatic carbocycles. The molecule has 0 aromatic heterocycles. The van der Waals surface area contributed by atoms with E-state index in [0.29, 0.717) is 6.04 Å². The maximum atomic E-state index is 9.17. The summed E-state index contributed by atoms with van der Waals surface area (Å²) in [7, 11) is 0. The van der Waals surface area contributed by atoms with Crippen LogP contribution < -0.4 is 5.32 Å². The van der Waals surface area contributed by atoms with Gasteiger partial charge < -0.3 is 10.4 Å². The minimum atomic E-state index is -0.0211. The average molecular weight is 255 g/mol. The van der Waals surface area contributed by atoms with Crippen molar-refractivity contribution in [2.75, 3.05) is 4.55 Å². The smallest absolute Gasteiger partial charge is 0.0541 e. The van der Waals surface area contributed by atoms with Crippen molar-refractivity contribution in [3.63, 3.8) is 0 Å². The van der Waals surface area contributed by atoms with Gasteiger partial charge in [-0.25, -0.2) is 0 Å². The van der Waals surface area contributed by atoms with Gasteiger partial charge in [-0.3, -0.25) is 0 Å². The van der Waals surface area contributed by atoms with Crippen LogP contribution in [0.1, 0.15) is 25.7 Å². The second-order valence-electron chi connectivity index (χ2n) is 2.84. The van der Waals surface area contributed by atoms with E-state index in [-0.39, 0.29) is 6.10 Å². The number of rotatable bonds is 2. The molecule has 0 aromatic rings. The Bertz CT molecular complexity index is 91.6. The zero-order valence-electron chi connectivity index (χ0n) is 6.02. The first-order valence-corrected chi connectivity index (χ1v) is 5.33. The van der Waals surface area contributed by atoms with Crippen LogP contribution in [0.5, 0.6) is 0 Å². The molecule has 1 saturated carbocycles. The number of halogens is 1. The first-order chi connectivity index (χ1) is 4.83. The molecule has 0 saturated heterocycles. The molecule has 10 heavy (non-hydrogen) atoms. The summed E-state index contributed by atoms with van der Waals surface area (Å²) in [6.45, 7) is 0. The van der Waals surface area contributed by atoms with Gasteiger partial charge in [0.2, 0.25) is 0 Å². The predicted octanol–water partition coefficient (Wildman–Crippen LogP) is 1.27. The van der Waals surface area contributed by atoms with Gasteiger partial charge in [0, 0.05) is 10.6 Å². The van der Waals surface area contributed by atoms with Gasteiger partial charge in [0.1, 0.15) is 0 Å². The number of alkyl halides is 1. The van der Waals surface area contributed by atoms with Crippen molar-refractivity contribution < 1.29 is 5.11 Å². The van der Waals surface area contributed by atoms with E-state index in [1.807, 2.05) is 0 Å². The van der Waals surface area contributed by atoms with Crippen molar-refractivity contribution in [2.45, 2.75) is 37.8 Å².